The van der Waals surface area contributed by atoms with Gasteiger partial charge in [0.05, 0.1) is 22.4 Å². The molecule has 5 aromatic rings. The minimum Gasteiger partial charge on any atom is -0.372 e. The standard InChI is InChI=1S/C15H14N2O.C15H12N2O.I10.I9/c2*18-15-14(10-11-6-2-1-3-7-11)16-12-8-4-5-9-13(12)17-15;1-7(2)9(5)10(6)8(3)4;1-6-8(4)9(5)7(2)3/h1-9,14,16H,10H2,(H,17,18);1-9H,10H2,(H,17,18);;/q;;;-1/t14-;;;/m0.../s1. The van der Waals surface area contributed by atoms with Crippen LogP contribution in [0.3, 0.4) is 0 Å². The molecule has 0 saturated heterocycles. The van der Waals surface area contributed by atoms with Crippen molar-refractivity contribution in [2.75, 3.05) is 10.6 Å². The van der Waals surface area contributed by atoms with E-state index in [4.69, 9.17) is 0 Å². The van der Waals surface area contributed by atoms with Gasteiger partial charge in [-0.3, -0.25) is 9.59 Å². The minimum atomic E-state index is -0.358. The van der Waals surface area contributed by atoms with Crippen molar-refractivity contribution in [1.82, 2.24) is 9.97 Å². The Morgan fingerprint density at radius 3 is 1.62 bits per heavy atom. The summed E-state index contributed by atoms with van der Waals surface area (Å²) in [5, 5.41) is 6.21. The SMILES string of the molecule is II(I)I(I)I(I)I(I)I.I[I-]I(I)I(I)I(I)I.O=C1Nc2ccccc2N[C@H]1Cc1ccccc1.O=c1[nH]c2ccccc2nc1Cc1ccccc1. The van der Waals surface area contributed by atoms with Crippen LogP contribution in [0.1, 0.15) is 16.8 Å². The van der Waals surface area contributed by atoms with Crippen LogP contribution in [0, 0.1) is 0 Å². The van der Waals surface area contributed by atoms with E-state index in [1.165, 1.54) is 0 Å². The van der Waals surface area contributed by atoms with Crippen LogP contribution in [-0.4, -0.2) is 21.9 Å². The Kier molecular flexibility index (Phi) is 35.8. The Morgan fingerprint density at radius 2 is 1.09 bits per heavy atom. The number of nitrogens with one attached hydrogen (secondary N) is 3. The molecule has 0 fully saturated rings. The average Bonchev–Trinajstić information content (AvgIpc) is 3.18. The number of nitrogens with zero attached hydrogens (tertiary/aromatic N) is 1. The van der Waals surface area contributed by atoms with Gasteiger partial charge in [0.2, 0.25) is 5.91 Å². The number of aromatic amines is 1. The molecule has 1 aliphatic rings. The number of rotatable bonds is 10. The van der Waals surface area contributed by atoms with Crippen LogP contribution in [0.5, 0.6) is 0 Å². The summed E-state index contributed by atoms with van der Waals surface area (Å²) in [5.74, 6) is 0.0255. The van der Waals surface area contributed by atoms with Crippen LogP contribution in [0.25, 0.3) is 11.0 Å². The van der Waals surface area contributed by atoms with Gasteiger partial charge in [-0.05, 0) is 35.4 Å². The summed E-state index contributed by atoms with van der Waals surface area (Å²) in [6.45, 7) is 0. The molecule has 1 amide bonds. The predicted molar refractivity (Wildman–Crippen MR) is 397 cm³/mol. The zero-order valence-electron chi connectivity index (χ0n) is 26.8. The number of fused-ring (bicyclic) bond motifs is 2. The number of H-pyrrole nitrogens is 1. The molecular formula is C30H26I19N4O2-. The minimum absolute atomic E-state index is 0.0255. The van der Waals surface area contributed by atoms with Crippen molar-refractivity contribution in [1.29, 1.82) is 0 Å². The van der Waals surface area contributed by atoms with Gasteiger partial charge >= 0.3 is 273 Å². The molecule has 3 N–H and O–H groups in total. The van der Waals surface area contributed by atoms with Crippen LogP contribution in [0.4, 0.5) is 11.4 Å². The first-order valence-electron chi connectivity index (χ1n) is 14.3. The molecule has 25 heteroatoms. The molecule has 0 aliphatic carbocycles. The molecule has 2 heterocycles. The van der Waals surface area contributed by atoms with Crippen LogP contribution < -0.4 is 29.4 Å². The first kappa shape index (κ1) is 58.5. The third-order valence-corrected chi connectivity index (χ3v) is 915. The van der Waals surface area contributed by atoms with E-state index >= 15 is 0 Å². The second-order valence-corrected chi connectivity index (χ2v) is 367. The van der Waals surface area contributed by atoms with Crippen molar-refractivity contribution in [3.63, 3.8) is 0 Å². The van der Waals surface area contributed by atoms with Crippen molar-refractivity contribution in [2.24, 2.45) is 0 Å². The van der Waals surface area contributed by atoms with Gasteiger partial charge in [-0.1, -0.05) is 84.9 Å². The fraction of sp³-hybridized carbons (Fsp3) is 0.100. The summed E-state index contributed by atoms with van der Waals surface area (Å²) >= 11 is 31.4. The number of carbonyl (C=O) groups excluding carboxylic acids is 1. The maximum Gasteiger partial charge on any atom is 0.270 e. The quantitative estimate of drug-likeness (QED) is 0.122. The molecule has 312 valence electrons. The number of halogens is 19. The smallest absolute Gasteiger partial charge is 0.270 e. The Bertz CT molecular complexity index is 1940. The van der Waals surface area contributed by atoms with E-state index in [9.17, 15) is 9.59 Å². The van der Waals surface area contributed by atoms with Gasteiger partial charge in [-0.2, -0.15) is 0 Å². The van der Waals surface area contributed by atoms with Crippen LogP contribution in [-0.2, 0) is 17.6 Å². The molecule has 0 radical (unpaired) electrons. The maximum atomic E-state index is 12.0. The van der Waals surface area contributed by atoms with Crippen molar-refractivity contribution < 1.29 is 18.0 Å². The summed E-state index contributed by atoms with van der Waals surface area (Å²) in [6, 6.07) is 35.0. The molecule has 0 spiro atoms. The van der Waals surface area contributed by atoms with Crippen molar-refractivity contribution in [2.45, 2.75) is 18.9 Å². The number of para-hydroxylation sites is 4. The number of anilines is 2. The van der Waals surface area contributed by atoms with Gasteiger partial charge in [-0.15, -0.1) is 0 Å². The van der Waals surface area contributed by atoms with E-state index in [0.717, 1.165) is 33.5 Å². The molecule has 6 rings (SSSR count). The third kappa shape index (κ3) is 23.1. The Balaban J connectivity index is 0.000000207. The van der Waals surface area contributed by atoms with Crippen molar-refractivity contribution in [3.8, 4) is 0 Å². The maximum absolute atomic E-state index is 12.0. The topological polar surface area (TPSA) is 86.9 Å². The van der Waals surface area contributed by atoms with Gasteiger partial charge in [-0.25, -0.2) is 4.98 Å². The molecular weight excluding hydrogens is 2860 g/mol. The number of amides is 1. The summed E-state index contributed by atoms with van der Waals surface area (Å²) in [7, 11) is -2.10. The molecule has 0 saturated carbocycles. The second-order valence-electron chi connectivity index (χ2n) is 9.80. The summed E-state index contributed by atoms with van der Waals surface area (Å²) in [4.78, 5) is 31.2. The summed E-state index contributed by atoms with van der Waals surface area (Å²) < 4.78 is 0. The van der Waals surface area contributed by atoms with Gasteiger partial charge in [0.1, 0.15) is 11.7 Å². The number of benzene rings is 4. The van der Waals surface area contributed by atoms with Gasteiger partial charge in [0, 0.05) is 12.8 Å². The van der Waals surface area contributed by atoms with E-state index in [0.29, 0.717) is 31.8 Å². The molecule has 55 heavy (non-hydrogen) atoms. The fourth-order valence-electron chi connectivity index (χ4n) is 4.27. The van der Waals surface area contributed by atoms with Gasteiger partial charge in [0.15, 0.2) is 0 Å². The average molecular weight is 2890 g/mol. The number of hydrogen-bond acceptors (Lipinski definition) is 4. The number of aromatic nitrogens is 2. The molecule has 4 aromatic carbocycles. The first-order valence-corrected chi connectivity index (χ1v) is 121. The van der Waals surface area contributed by atoms with E-state index in [1.807, 2.05) is 109 Å². The van der Waals surface area contributed by atoms with Crippen molar-refractivity contribution >= 4 is 288 Å². The van der Waals surface area contributed by atoms with E-state index in [1.54, 1.807) is 0 Å². The monoisotopic (exact) mass is 2890 g/mol. The van der Waals surface area contributed by atoms with Gasteiger partial charge in [0.25, 0.3) is 5.56 Å². The van der Waals surface area contributed by atoms with E-state index in [2.05, 4.69) is 225 Å². The zero-order valence-corrected chi connectivity index (χ0v) is 67.8. The first-order chi connectivity index (χ1) is 26.2. The molecule has 1 aliphatic heterocycles. The molecule has 0 unspecified atom stereocenters. The molecule has 1 atom stereocenters. The normalized spacial score (nSPS) is 14.7. The van der Waals surface area contributed by atoms with Crippen LogP contribution in [0.15, 0.2) is 114 Å². The fourth-order valence-corrected chi connectivity index (χ4v) is 1470. The van der Waals surface area contributed by atoms with E-state index in [-0.39, 0.29) is 72.8 Å². The summed E-state index contributed by atoms with van der Waals surface area (Å²) in [6.07, 6.45) is 1.25. The number of carbonyl (C=O) groups is 1. The van der Waals surface area contributed by atoms with E-state index < -0.39 is 0 Å². The summed E-state index contributed by atoms with van der Waals surface area (Å²) in [5.41, 5.74) is 6.12. The Morgan fingerprint density at radius 1 is 0.600 bits per heavy atom. The largest absolute Gasteiger partial charge is 0.372 e. The van der Waals surface area contributed by atoms with Gasteiger partial charge < -0.3 is 15.6 Å². The zero-order chi connectivity index (χ0) is 40.5. The van der Waals surface area contributed by atoms with Crippen LogP contribution in [0.2, 0.25) is 0 Å². The molecule has 6 nitrogen and oxygen atoms in total. The number of hydrogen-bond donors (Lipinski definition) is 3. The molecule has 1 aromatic heterocycles. The second kappa shape index (κ2) is 33.7. The Hall–Kier alpha value is 9.16. The predicted octanol–water partition coefficient (Wildman–Crippen LogP) is 18.1. The Labute approximate surface area is 466 Å². The third-order valence-electron chi connectivity index (χ3n) is 6.45. The molecule has 0 bridgehead atoms. The van der Waals surface area contributed by atoms with Crippen molar-refractivity contribution in [3.05, 3.63) is 136 Å². The van der Waals surface area contributed by atoms with Crippen LogP contribution >= 0.6 is 260 Å².